The van der Waals surface area contributed by atoms with E-state index in [1.165, 1.54) is 6.20 Å². The zero-order valence-corrected chi connectivity index (χ0v) is 19.7. The third-order valence-corrected chi connectivity index (χ3v) is 5.28. The van der Waals surface area contributed by atoms with E-state index in [0.29, 0.717) is 18.7 Å². The molecule has 0 fully saturated rings. The number of carbonyl (C=O) groups excluding carboxylic acids is 2. The van der Waals surface area contributed by atoms with Crippen LogP contribution in [0.3, 0.4) is 0 Å². The molecule has 176 valence electrons. The van der Waals surface area contributed by atoms with Crippen molar-refractivity contribution in [2.24, 2.45) is 5.92 Å². The molecule has 0 bridgehead atoms. The molecule has 1 aromatic rings. The Hall–Kier alpha value is -2.67. The van der Waals surface area contributed by atoms with Crippen molar-refractivity contribution in [2.75, 3.05) is 47.4 Å². The number of carbonyl (C=O) groups is 2. The maximum Gasteiger partial charge on any atom is 0.259 e. The number of ether oxygens (including phenoxy) is 1. The number of nitrogens with zero attached hydrogens (tertiary/aromatic N) is 4. The minimum atomic E-state index is -0.810. The highest BCUT2D eigenvalue weighted by atomic mass is 16.5. The van der Waals surface area contributed by atoms with Crippen molar-refractivity contribution in [2.45, 2.75) is 39.0 Å². The van der Waals surface area contributed by atoms with Crippen LogP contribution in [0.15, 0.2) is 12.3 Å². The van der Waals surface area contributed by atoms with Crippen LogP contribution < -0.4 is 4.74 Å². The normalized spacial score (nSPS) is 20.3. The van der Waals surface area contributed by atoms with Crippen LogP contribution in [-0.4, -0.2) is 107 Å². The topological polar surface area (TPSA) is 106 Å². The standard InChI is InChI=1S/C23H34N4O5/c1-15-11-27(16(2)14-28)23(31)19-9-18(8-7-17(3)29)10-24-22(19)32-20(15)12-26(6)21(30)13-25(4)5/h9-10,15-17,20,28-29H,11-14H2,1-6H3/t15-,16-,17+,20+/m1/s1. The first kappa shape index (κ1) is 25.6. The molecule has 2 N–H and O–H groups in total. The van der Waals surface area contributed by atoms with Crippen LogP contribution in [-0.2, 0) is 4.79 Å². The van der Waals surface area contributed by atoms with Crippen LogP contribution in [0.5, 0.6) is 5.88 Å². The molecule has 2 heterocycles. The molecule has 4 atom stereocenters. The summed E-state index contributed by atoms with van der Waals surface area (Å²) in [6.07, 6.45) is 0.273. The van der Waals surface area contributed by atoms with Gasteiger partial charge in [0.25, 0.3) is 5.91 Å². The van der Waals surface area contributed by atoms with Gasteiger partial charge < -0.3 is 29.6 Å². The van der Waals surface area contributed by atoms with Gasteiger partial charge in [-0.1, -0.05) is 18.8 Å². The number of amides is 2. The van der Waals surface area contributed by atoms with Gasteiger partial charge in [-0.05, 0) is 34.0 Å². The lowest BCUT2D eigenvalue weighted by Gasteiger charge is -2.37. The first-order chi connectivity index (χ1) is 15.0. The zero-order valence-electron chi connectivity index (χ0n) is 19.7. The number of hydrogen-bond acceptors (Lipinski definition) is 7. The largest absolute Gasteiger partial charge is 0.472 e. The van der Waals surface area contributed by atoms with Gasteiger partial charge in [0.1, 0.15) is 17.8 Å². The Bertz CT molecular complexity index is 877. The third-order valence-electron chi connectivity index (χ3n) is 5.28. The van der Waals surface area contributed by atoms with Crippen LogP contribution in [0.2, 0.25) is 0 Å². The second-order valence-electron chi connectivity index (χ2n) is 8.66. The highest BCUT2D eigenvalue weighted by Gasteiger charge is 2.34. The van der Waals surface area contributed by atoms with Crippen molar-refractivity contribution < 1.29 is 24.5 Å². The minimum Gasteiger partial charge on any atom is -0.472 e. The molecule has 32 heavy (non-hydrogen) atoms. The van der Waals surface area contributed by atoms with Crippen molar-refractivity contribution >= 4 is 11.8 Å². The predicted octanol–water partition coefficient (Wildman–Crippen LogP) is 0.0540. The Balaban J connectivity index is 2.42. The number of rotatable bonds is 6. The molecule has 1 aromatic heterocycles. The monoisotopic (exact) mass is 446 g/mol. The number of aliphatic hydroxyl groups excluding tert-OH is 2. The molecule has 0 radical (unpaired) electrons. The highest BCUT2D eigenvalue weighted by molar-refractivity contribution is 5.97. The number of pyridine rings is 1. The van der Waals surface area contributed by atoms with E-state index in [4.69, 9.17) is 4.74 Å². The van der Waals surface area contributed by atoms with E-state index in [1.54, 1.807) is 41.7 Å². The molecular weight excluding hydrogens is 412 g/mol. The van der Waals surface area contributed by atoms with Crippen LogP contribution >= 0.6 is 0 Å². The fraction of sp³-hybridized carbons (Fsp3) is 0.609. The highest BCUT2D eigenvalue weighted by Crippen LogP contribution is 2.27. The van der Waals surface area contributed by atoms with E-state index in [9.17, 15) is 19.8 Å². The lowest BCUT2D eigenvalue weighted by atomic mass is 10.00. The summed E-state index contributed by atoms with van der Waals surface area (Å²) >= 11 is 0. The molecule has 0 saturated heterocycles. The van der Waals surface area contributed by atoms with Crippen molar-refractivity contribution in [1.82, 2.24) is 19.7 Å². The van der Waals surface area contributed by atoms with E-state index in [1.807, 2.05) is 21.0 Å². The van der Waals surface area contributed by atoms with Crippen molar-refractivity contribution in [3.63, 3.8) is 0 Å². The molecule has 1 aliphatic rings. The second-order valence-corrected chi connectivity index (χ2v) is 8.66. The molecule has 9 heteroatoms. The second kappa shape index (κ2) is 11.3. The van der Waals surface area contributed by atoms with Crippen LogP contribution in [0, 0.1) is 17.8 Å². The average molecular weight is 447 g/mol. The van der Waals surface area contributed by atoms with Crippen molar-refractivity contribution in [3.8, 4) is 17.7 Å². The van der Waals surface area contributed by atoms with Crippen LogP contribution in [0.1, 0.15) is 36.7 Å². The molecule has 1 aliphatic heterocycles. The first-order valence-electron chi connectivity index (χ1n) is 10.7. The quantitative estimate of drug-likeness (QED) is 0.595. The SMILES string of the molecule is C[C@H](O)C#Cc1cnc2c(c1)C(=O)N([C@H](C)CO)C[C@@H](C)[C@H](CN(C)C(=O)CN(C)C)O2. The maximum absolute atomic E-state index is 13.3. The maximum atomic E-state index is 13.3. The summed E-state index contributed by atoms with van der Waals surface area (Å²) < 4.78 is 6.16. The molecule has 2 amide bonds. The Morgan fingerprint density at radius 3 is 2.66 bits per heavy atom. The number of likely N-dealkylation sites (N-methyl/N-ethyl adjacent to an activating group) is 2. The van der Waals surface area contributed by atoms with Crippen LogP contribution in [0.25, 0.3) is 0 Å². The molecule has 0 spiro atoms. The summed E-state index contributed by atoms with van der Waals surface area (Å²) in [5.41, 5.74) is 0.712. The summed E-state index contributed by atoms with van der Waals surface area (Å²) in [4.78, 5) is 35.1. The molecule has 0 saturated carbocycles. The number of hydrogen-bond donors (Lipinski definition) is 2. The van der Waals surface area contributed by atoms with Gasteiger partial charge >= 0.3 is 0 Å². The van der Waals surface area contributed by atoms with Gasteiger partial charge in [0.2, 0.25) is 11.8 Å². The lowest BCUT2D eigenvalue weighted by molar-refractivity contribution is -0.132. The number of fused-ring (bicyclic) bond motifs is 1. The molecule has 9 nitrogen and oxygen atoms in total. The Labute approximate surface area is 190 Å². The fourth-order valence-corrected chi connectivity index (χ4v) is 3.34. The van der Waals surface area contributed by atoms with Crippen LogP contribution in [0.4, 0.5) is 0 Å². The third kappa shape index (κ3) is 6.66. The molecule has 0 unspecified atom stereocenters. The summed E-state index contributed by atoms with van der Waals surface area (Å²) in [5, 5.41) is 19.1. The van der Waals surface area contributed by atoms with Crippen molar-refractivity contribution in [3.05, 3.63) is 23.4 Å². The minimum absolute atomic E-state index is 0.0403. The predicted molar refractivity (Wildman–Crippen MR) is 120 cm³/mol. The van der Waals surface area contributed by atoms with E-state index < -0.39 is 18.2 Å². The summed E-state index contributed by atoms with van der Waals surface area (Å²) in [5.74, 6) is 5.13. The summed E-state index contributed by atoms with van der Waals surface area (Å²) in [7, 11) is 5.39. The summed E-state index contributed by atoms with van der Waals surface area (Å²) in [6.45, 7) is 6.05. The molecular formula is C23H34N4O5. The first-order valence-corrected chi connectivity index (χ1v) is 10.7. The molecule has 0 aromatic carbocycles. The Morgan fingerprint density at radius 2 is 2.06 bits per heavy atom. The average Bonchev–Trinajstić information content (AvgIpc) is 2.73. The van der Waals surface area contributed by atoms with E-state index in [2.05, 4.69) is 16.8 Å². The van der Waals surface area contributed by atoms with E-state index >= 15 is 0 Å². The van der Waals surface area contributed by atoms with E-state index in [-0.39, 0.29) is 42.3 Å². The van der Waals surface area contributed by atoms with E-state index in [0.717, 1.165) is 0 Å². The van der Waals surface area contributed by atoms with Gasteiger partial charge in [-0.15, -0.1) is 0 Å². The smallest absolute Gasteiger partial charge is 0.259 e. The zero-order chi connectivity index (χ0) is 24.0. The van der Waals surface area contributed by atoms with Gasteiger partial charge in [0.05, 0.1) is 25.7 Å². The molecule has 0 aliphatic carbocycles. The number of aromatic nitrogens is 1. The fourth-order valence-electron chi connectivity index (χ4n) is 3.34. The Kier molecular flexibility index (Phi) is 9.01. The van der Waals surface area contributed by atoms with Gasteiger partial charge in [-0.3, -0.25) is 9.59 Å². The van der Waals surface area contributed by atoms with Crippen molar-refractivity contribution in [1.29, 1.82) is 0 Å². The number of aliphatic hydroxyl groups is 2. The van der Waals surface area contributed by atoms with Gasteiger partial charge in [0, 0.05) is 31.3 Å². The molecule has 2 rings (SSSR count). The Morgan fingerprint density at radius 1 is 1.38 bits per heavy atom. The van der Waals surface area contributed by atoms with Gasteiger partial charge in [-0.25, -0.2) is 4.98 Å². The lowest BCUT2D eigenvalue weighted by Crippen LogP contribution is -2.51. The van der Waals surface area contributed by atoms with Gasteiger partial charge in [-0.2, -0.15) is 0 Å². The van der Waals surface area contributed by atoms with Gasteiger partial charge in [0.15, 0.2) is 0 Å². The summed E-state index contributed by atoms with van der Waals surface area (Å²) in [6, 6.07) is 1.18.